The number of nitrogens with one attached hydrogen (secondary N) is 1. The van der Waals surface area contributed by atoms with Crippen molar-refractivity contribution in [1.82, 2.24) is 14.9 Å². The monoisotopic (exact) mass is 307 g/mol. The number of hydrogen-bond donors (Lipinski definition) is 1. The van der Waals surface area contributed by atoms with Gasteiger partial charge in [-0.05, 0) is 50.1 Å². The molecule has 0 unspecified atom stereocenters. The Labute approximate surface area is 129 Å². The van der Waals surface area contributed by atoms with E-state index in [4.69, 9.17) is 4.74 Å². The van der Waals surface area contributed by atoms with Crippen LogP contribution in [0.2, 0.25) is 0 Å². The Bertz CT molecular complexity index is 584. The number of carbonyl (C=O) groups excluding carboxylic acids is 1. The third kappa shape index (κ3) is 4.60. The van der Waals surface area contributed by atoms with Gasteiger partial charge in [-0.15, -0.1) is 0 Å². The van der Waals surface area contributed by atoms with Gasteiger partial charge in [0, 0.05) is 6.54 Å². The van der Waals surface area contributed by atoms with E-state index in [0.717, 1.165) is 12.2 Å². The molecule has 0 spiro atoms. The van der Waals surface area contributed by atoms with E-state index in [-0.39, 0.29) is 6.04 Å². The summed E-state index contributed by atoms with van der Waals surface area (Å²) in [5, 5.41) is 7.00. The molecule has 0 aliphatic heterocycles. The van der Waals surface area contributed by atoms with Crippen LogP contribution in [0.15, 0.2) is 29.4 Å². The third-order valence-electron chi connectivity index (χ3n) is 2.85. The SMILES string of the molecule is C[C@H](NC(=O)OC(C)(C)C)c1cncn1Cc1ccsc1. The lowest BCUT2D eigenvalue weighted by Gasteiger charge is -2.22. The van der Waals surface area contributed by atoms with Gasteiger partial charge in [0.05, 0.1) is 24.3 Å². The van der Waals surface area contributed by atoms with Gasteiger partial charge in [-0.25, -0.2) is 9.78 Å². The predicted octanol–water partition coefficient (Wildman–Crippen LogP) is 3.58. The Morgan fingerprint density at radius 3 is 2.90 bits per heavy atom. The molecule has 1 atom stereocenters. The van der Waals surface area contributed by atoms with Gasteiger partial charge in [0.2, 0.25) is 0 Å². The zero-order valence-electron chi connectivity index (χ0n) is 12.8. The van der Waals surface area contributed by atoms with Crippen LogP contribution in [-0.2, 0) is 11.3 Å². The highest BCUT2D eigenvalue weighted by Crippen LogP contribution is 2.16. The topological polar surface area (TPSA) is 56.1 Å². The van der Waals surface area contributed by atoms with E-state index in [2.05, 4.69) is 21.7 Å². The summed E-state index contributed by atoms with van der Waals surface area (Å²) in [5.74, 6) is 0. The fraction of sp³-hybridized carbons (Fsp3) is 0.467. The molecule has 0 fully saturated rings. The number of carbonyl (C=O) groups is 1. The Morgan fingerprint density at radius 1 is 1.52 bits per heavy atom. The first-order valence-corrected chi connectivity index (χ1v) is 7.80. The largest absolute Gasteiger partial charge is 0.444 e. The fourth-order valence-electron chi connectivity index (χ4n) is 1.96. The number of aromatic nitrogens is 2. The lowest BCUT2D eigenvalue weighted by atomic mass is 10.2. The molecule has 0 aliphatic rings. The summed E-state index contributed by atoms with van der Waals surface area (Å²) in [7, 11) is 0. The minimum absolute atomic E-state index is 0.166. The van der Waals surface area contributed by atoms with Crippen molar-refractivity contribution in [3.63, 3.8) is 0 Å². The maximum atomic E-state index is 11.8. The third-order valence-corrected chi connectivity index (χ3v) is 3.59. The second kappa shape index (κ2) is 6.30. The van der Waals surface area contributed by atoms with Crippen molar-refractivity contribution in [2.24, 2.45) is 0 Å². The maximum Gasteiger partial charge on any atom is 0.408 e. The van der Waals surface area contributed by atoms with Crippen LogP contribution >= 0.6 is 11.3 Å². The zero-order valence-corrected chi connectivity index (χ0v) is 13.6. The molecular formula is C15H21N3O2S. The van der Waals surface area contributed by atoms with Crippen molar-refractivity contribution in [2.45, 2.75) is 45.9 Å². The van der Waals surface area contributed by atoms with E-state index in [0.29, 0.717) is 0 Å². The quantitative estimate of drug-likeness (QED) is 0.939. The van der Waals surface area contributed by atoms with Crippen molar-refractivity contribution < 1.29 is 9.53 Å². The van der Waals surface area contributed by atoms with Gasteiger partial charge in [0.15, 0.2) is 0 Å². The van der Waals surface area contributed by atoms with E-state index in [1.165, 1.54) is 5.56 Å². The van der Waals surface area contributed by atoms with E-state index >= 15 is 0 Å². The van der Waals surface area contributed by atoms with Gasteiger partial charge in [0.25, 0.3) is 0 Å². The molecule has 2 aromatic rings. The van der Waals surface area contributed by atoms with Crippen LogP contribution in [0.3, 0.4) is 0 Å². The van der Waals surface area contributed by atoms with Crippen molar-refractivity contribution in [2.75, 3.05) is 0 Å². The lowest BCUT2D eigenvalue weighted by Crippen LogP contribution is -2.34. The second-order valence-electron chi connectivity index (χ2n) is 5.95. The molecule has 2 aromatic heterocycles. The van der Waals surface area contributed by atoms with Crippen LogP contribution in [0, 0.1) is 0 Å². The molecule has 0 saturated carbocycles. The number of imidazole rings is 1. The number of amides is 1. The van der Waals surface area contributed by atoms with Crippen LogP contribution in [0.4, 0.5) is 4.79 Å². The Balaban J connectivity index is 2.01. The molecule has 5 nitrogen and oxygen atoms in total. The molecule has 1 N–H and O–H groups in total. The highest BCUT2D eigenvalue weighted by Gasteiger charge is 2.19. The molecule has 2 rings (SSSR count). The molecule has 0 radical (unpaired) electrons. The van der Waals surface area contributed by atoms with Crippen LogP contribution in [0.1, 0.15) is 45.0 Å². The Morgan fingerprint density at radius 2 is 2.29 bits per heavy atom. The molecular weight excluding hydrogens is 286 g/mol. The number of hydrogen-bond acceptors (Lipinski definition) is 4. The molecule has 0 aliphatic carbocycles. The van der Waals surface area contributed by atoms with Crippen molar-refractivity contribution in [3.05, 3.63) is 40.6 Å². The molecule has 6 heteroatoms. The summed E-state index contributed by atoms with van der Waals surface area (Å²) < 4.78 is 7.31. The summed E-state index contributed by atoms with van der Waals surface area (Å²) in [6.45, 7) is 8.21. The fourth-order valence-corrected chi connectivity index (χ4v) is 2.62. The maximum absolute atomic E-state index is 11.8. The number of ether oxygens (including phenoxy) is 1. The molecule has 2 heterocycles. The van der Waals surface area contributed by atoms with Gasteiger partial charge < -0.3 is 14.6 Å². The number of thiophene rings is 1. The van der Waals surface area contributed by atoms with Crippen molar-refractivity contribution in [3.8, 4) is 0 Å². The molecule has 1 amide bonds. The average Bonchev–Trinajstić information content (AvgIpc) is 2.97. The van der Waals surface area contributed by atoms with Gasteiger partial charge >= 0.3 is 6.09 Å². The number of nitrogens with zero attached hydrogens (tertiary/aromatic N) is 2. The van der Waals surface area contributed by atoms with Crippen molar-refractivity contribution >= 4 is 17.4 Å². The normalized spacial score (nSPS) is 13.0. The zero-order chi connectivity index (χ0) is 15.5. The van der Waals surface area contributed by atoms with Gasteiger partial charge in [0.1, 0.15) is 5.60 Å². The first-order valence-electron chi connectivity index (χ1n) is 6.86. The smallest absolute Gasteiger partial charge is 0.408 e. The van der Waals surface area contributed by atoms with Crippen LogP contribution in [0.5, 0.6) is 0 Å². The van der Waals surface area contributed by atoms with Crippen molar-refractivity contribution in [1.29, 1.82) is 0 Å². The van der Waals surface area contributed by atoms with E-state index in [1.807, 2.05) is 37.6 Å². The minimum atomic E-state index is -0.499. The molecule has 0 saturated heterocycles. The molecule has 0 bridgehead atoms. The predicted molar refractivity (Wildman–Crippen MR) is 83.4 cm³/mol. The second-order valence-corrected chi connectivity index (χ2v) is 6.73. The highest BCUT2D eigenvalue weighted by molar-refractivity contribution is 7.07. The Hall–Kier alpha value is -1.82. The molecule has 21 heavy (non-hydrogen) atoms. The number of alkyl carbamates (subject to hydrolysis) is 1. The first-order chi connectivity index (χ1) is 9.85. The van der Waals surface area contributed by atoms with Gasteiger partial charge in [-0.2, -0.15) is 11.3 Å². The van der Waals surface area contributed by atoms with Gasteiger partial charge in [-0.1, -0.05) is 0 Å². The summed E-state index contributed by atoms with van der Waals surface area (Å²) in [6, 6.07) is 1.92. The summed E-state index contributed by atoms with van der Waals surface area (Å²) in [4.78, 5) is 16.0. The van der Waals surface area contributed by atoms with E-state index < -0.39 is 11.7 Å². The first kappa shape index (κ1) is 15.6. The van der Waals surface area contributed by atoms with Crippen LogP contribution < -0.4 is 5.32 Å². The standard InChI is InChI=1S/C15H21N3O2S/c1-11(17-14(19)20-15(2,3)4)13-7-16-10-18(13)8-12-5-6-21-9-12/h5-7,9-11H,8H2,1-4H3,(H,17,19)/t11-/m0/s1. The summed E-state index contributed by atoms with van der Waals surface area (Å²) in [5.41, 5.74) is 1.68. The van der Waals surface area contributed by atoms with Crippen LogP contribution in [-0.4, -0.2) is 21.2 Å². The van der Waals surface area contributed by atoms with E-state index in [9.17, 15) is 4.79 Å². The summed E-state index contributed by atoms with van der Waals surface area (Å²) >= 11 is 1.67. The molecule has 0 aromatic carbocycles. The van der Waals surface area contributed by atoms with Crippen LogP contribution in [0.25, 0.3) is 0 Å². The van der Waals surface area contributed by atoms with E-state index in [1.54, 1.807) is 23.9 Å². The minimum Gasteiger partial charge on any atom is -0.444 e. The summed E-state index contributed by atoms with van der Waals surface area (Å²) in [6.07, 6.45) is 3.13. The highest BCUT2D eigenvalue weighted by atomic mass is 32.1. The Kier molecular flexibility index (Phi) is 4.67. The van der Waals surface area contributed by atoms with Gasteiger partial charge in [-0.3, -0.25) is 0 Å². The molecule has 114 valence electrons. The lowest BCUT2D eigenvalue weighted by molar-refractivity contribution is 0.0506. The number of rotatable bonds is 4. The average molecular weight is 307 g/mol.